The van der Waals surface area contributed by atoms with Crippen molar-refractivity contribution in [3.05, 3.63) is 63.6 Å². The molecular formula is C14H10BrF2NO. The van der Waals surface area contributed by atoms with Crippen molar-refractivity contribution in [2.24, 2.45) is 0 Å². The fraction of sp³-hybridized carbons (Fsp3) is 0.0714. The topological polar surface area (TPSA) is 29.1 Å². The molecule has 0 bridgehead atoms. The average Bonchev–Trinajstić information content (AvgIpc) is 2.36. The first-order valence-corrected chi connectivity index (χ1v) is 6.29. The van der Waals surface area contributed by atoms with Gasteiger partial charge >= 0.3 is 0 Å². The molecule has 98 valence electrons. The number of aryl methyl sites for hydroxylation is 1. The molecule has 1 N–H and O–H groups in total. The third-order valence-electron chi connectivity index (χ3n) is 2.61. The first kappa shape index (κ1) is 13.7. The first-order chi connectivity index (χ1) is 8.97. The second-order valence-corrected chi connectivity index (χ2v) is 4.90. The van der Waals surface area contributed by atoms with Crippen LogP contribution in [0.25, 0.3) is 0 Å². The summed E-state index contributed by atoms with van der Waals surface area (Å²) in [7, 11) is 0. The molecule has 0 aliphatic rings. The van der Waals surface area contributed by atoms with Gasteiger partial charge in [0.2, 0.25) is 0 Å². The maximum Gasteiger partial charge on any atom is 0.255 e. The third kappa shape index (κ3) is 3.17. The molecule has 0 atom stereocenters. The van der Waals surface area contributed by atoms with E-state index in [1.54, 1.807) is 6.92 Å². The van der Waals surface area contributed by atoms with Crippen molar-refractivity contribution < 1.29 is 13.6 Å². The van der Waals surface area contributed by atoms with Crippen LogP contribution in [0.2, 0.25) is 0 Å². The summed E-state index contributed by atoms with van der Waals surface area (Å²) in [6.07, 6.45) is 0. The lowest BCUT2D eigenvalue weighted by Gasteiger charge is -2.08. The molecular weight excluding hydrogens is 316 g/mol. The van der Waals surface area contributed by atoms with E-state index >= 15 is 0 Å². The summed E-state index contributed by atoms with van der Waals surface area (Å²) < 4.78 is 26.7. The minimum absolute atomic E-state index is 0.208. The minimum atomic E-state index is -0.453. The summed E-state index contributed by atoms with van der Waals surface area (Å²) in [6, 6.07) is 8.14. The highest BCUT2D eigenvalue weighted by atomic mass is 79.9. The molecule has 0 spiro atoms. The van der Waals surface area contributed by atoms with Gasteiger partial charge in [-0.25, -0.2) is 8.78 Å². The molecule has 0 fully saturated rings. The van der Waals surface area contributed by atoms with E-state index in [1.807, 2.05) is 0 Å². The Hall–Kier alpha value is -1.75. The lowest BCUT2D eigenvalue weighted by Crippen LogP contribution is -2.12. The number of benzene rings is 2. The predicted molar refractivity (Wildman–Crippen MR) is 73.2 cm³/mol. The van der Waals surface area contributed by atoms with Crippen molar-refractivity contribution in [2.75, 3.05) is 5.32 Å². The van der Waals surface area contributed by atoms with E-state index in [9.17, 15) is 13.6 Å². The lowest BCUT2D eigenvalue weighted by molar-refractivity contribution is 0.102. The van der Waals surface area contributed by atoms with Gasteiger partial charge in [-0.15, -0.1) is 0 Å². The molecule has 2 aromatic rings. The highest BCUT2D eigenvalue weighted by Gasteiger charge is 2.10. The zero-order valence-electron chi connectivity index (χ0n) is 10.0. The van der Waals surface area contributed by atoms with Gasteiger partial charge in [0.1, 0.15) is 11.6 Å². The van der Waals surface area contributed by atoms with Crippen LogP contribution in [-0.2, 0) is 0 Å². The van der Waals surface area contributed by atoms with Crippen molar-refractivity contribution >= 4 is 27.5 Å². The Bertz CT molecular complexity index is 643. The monoisotopic (exact) mass is 325 g/mol. The molecule has 1 amide bonds. The van der Waals surface area contributed by atoms with Gasteiger partial charge < -0.3 is 5.32 Å². The molecule has 2 nitrogen and oxygen atoms in total. The Morgan fingerprint density at radius 3 is 2.53 bits per heavy atom. The van der Waals surface area contributed by atoms with Crippen molar-refractivity contribution in [2.45, 2.75) is 6.92 Å². The maximum absolute atomic E-state index is 13.4. The van der Waals surface area contributed by atoms with E-state index < -0.39 is 17.5 Å². The fourth-order valence-corrected chi connectivity index (χ4v) is 1.97. The number of halogens is 3. The predicted octanol–water partition coefficient (Wildman–Crippen LogP) is 4.29. The lowest BCUT2D eigenvalue weighted by atomic mass is 10.1. The molecule has 0 unspecified atom stereocenters. The number of rotatable bonds is 2. The summed E-state index contributed by atoms with van der Waals surface area (Å²) >= 11 is 3.15. The Kier molecular flexibility index (Phi) is 3.95. The molecule has 5 heteroatoms. The van der Waals surface area contributed by atoms with Crippen LogP contribution in [0, 0.1) is 18.6 Å². The Morgan fingerprint density at radius 1 is 1.16 bits per heavy atom. The highest BCUT2D eigenvalue weighted by molar-refractivity contribution is 9.10. The largest absolute Gasteiger partial charge is 0.321 e. The van der Waals surface area contributed by atoms with Crippen LogP contribution in [0.5, 0.6) is 0 Å². The van der Waals surface area contributed by atoms with E-state index in [1.165, 1.54) is 36.4 Å². The summed E-state index contributed by atoms with van der Waals surface area (Å²) in [4.78, 5) is 11.9. The second-order valence-electron chi connectivity index (χ2n) is 4.04. The van der Waals surface area contributed by atoms with Crippen molar-refractivity contribution in [3.8, 4) is 0 Å². The zero-order valence-corrected chi connectivity index (χ0v) is 11.6. The molecule has 0 radical (unpaired) electrons. The van der Waals surface area contributed by atoms with Gasteiger partial charge in [0.25, 0.3) is 5.91 Å². The molecule has 0 aromatic heterocycles. The molecule has 0 saturated heterocycles. The SMILES string of the molecule is Cc1ccc(C(=O)Nc2ccc(F)cc2Br)cc1F. The Balaban J connectivity index is 2.23. The third-order valence-corrected chi connectivity index (χ3v) is 3.27. The van der Waals surface area contributed by atoms with Gasteiger partial charge in [-0.2, -0.15) is 0 Å². The molecule has 0 saturated carbocycles. The number of carbonyl (C=O) groups is 1. The van der Waals surface area contributed by atoms with E-state index in [2.05, 4.69) is 21.2 Å². The highest BCUT2D eigenvalue weighted by Crippen LogP contribution is 2.23. The number of hydrogen-bond acceptors (Lipinski definition) is 1. The summed E-state index contributed by atoms with van der Waals surface area (Å²) in [5.41, 5.74) is 1.10. The molecule has 0 heterocycles. The molecule has 0 aliphatic carbocycles. The van der Waals surface area contributed by atoms with Crippen molar-refractivity contribution in [1.82, 2.24) is 0 Å². The van der Waals surface area contributed by atoms with Crippen LogP contribution in [0.1, 0.15) is 15.9 Å². The number of nitrogens with one attached hydrogen (secondary N) is 1. The van der Waals surface area contributed by atoms with E-state index in [0.29, 0.717) is 15.7 Å². The van der Waals surface area contributed by atoms with Gasteiger partial charge in [0.15, 0.2) is 0 Å². The molecule has 19 heavy (non-hydrogen) atoms. The number of anilines is 1. The fourth-order valence-electron chi connectivity index (χ4n) is 1.52. The first-order valence-electron chi connectivity index (χ1n) is 5.50. The molecule has 0 aliphatic heterocycles. The summed E-state index contributed by atoms with van der Waals surface area (Å²) in [6.45, 7) is 1.62. The smallest absolute Gasteiger partial charge is 0.255 e. The number of hydrogen-bond donors (Lipinski definition) is 1. The van der Waals surface area contributed by atoms with Crippen LogP contribution in [0.3, 0.4) is 0 Å². The van der Waals surface area contributed by atoms with Crippen molar-refractivity contribution in [3.63, 3.8) is 0 Å². The van der Waals surface area contributed by atoms with Gasteiger partial charge in [-0.05, 0) is 58.7 Å². The Morgan fingerprint density at radius 2 is 1.89 bits per heavy atom. The quantitative estimate of drug-likeness (QED) is 0.876. The number of amides is 1. The minimum Gasteiger partial charge on any atom is -0.321 e. The second kappa shape index (κ2) is 5.48. The normalized spacial score (nSPS) is 10.3. The van der Waals surface area contributed by atoms with Crippen LogP contribution in [0.4, 0.5) is 14.5 Å². The van der Waals surface area contributed by atoms with Crippen molar-refractivity contribution in [1.29, 1.82) is 0 Å². The van der Waals surface area contributed by atoms with Crippen LogP contribution in [0.15, 0.2) is 40.9 Å². The van der Waals surface area contributed by atoms with Crippen LogP contribution >= 0.6 is 15.9 Å². The Labute approximate surface area is 117 Å². The van der Waals surface area contributed by atoms with Gasteiger partial charge in [-0.3, -0.25) is 4.79 Å². The van der Waals surface area contributed by atoms with E-state index in [-0.39, 0.29) is 5.56 Å². The van der Waals surface area contributed by atoms with E-state index in [4.69, 9.17) is 0 Å². The molecule has 2 rings (SSSR count). The van der Waals surface area contributed by atoms with E-state index in [0.717, 1.165) is 0 Å². The molecule has 2 aromatic carbocycles. The standard InChI is InChI=1S/C14H10BrF2NO/c1-8-2-3-9(6-12(8)17)14(19)18-13-5-4-10(16)7-11(13)15/h2-7H,1H3,(H,18,19). The summed E-state index contributed by atoms with van der Waals surface area (Å²) in [5, 5.41) is 2.58. The maximum atomic E-state index is 13.4. The average molecular weight is 326 g/mol. The van der Waals surface area contributed by atoms with Crippen LogP contribution < -0.4 is 5.32 Å². The van der Waals surface area contributed by atoms with Gasteiger partial charge in [0, 0.05) is 10.0 Å². The van der Waals surface area contributed by atoms with Gasteiger partial charge in [0.05, 0.1) is 5.69 Å². The number of carbonyl (C=O) groups excluding carboxylic acids is 1. The zero-order chi connectivity index (χ0) is 14.0. The van der Waals surface area contributed by atoms with Gasteiger partial charge in [-0.1, -0.05) is 6.07 Å². The summed E-state index contributed by atoms with van der Waals surface area (Å²) in [5.74, 6) is -1.30. The van der Waals surface area contributed by atoms with Crippen LogP contribution in [-0.4, -0.2) is 5.91 Å².